The molecule has 3 heteroatoms. The van der Waals surface area contributed by atoms with Crippen molar-refractivity contribution >= 4 is 6.21 Å². The molecule has 0 atom stereocenters. The van der Waals surface area contributed by atoms with Crippen LogP contribution >= 0.6 is 0 Å². The fourth-order valence-electron chi connectivity index (χ4n) is 4.34. The molecule has 1 aliphatic heterocycles. The summed E-state index contributed by atoms with van der Waals surface area (Å²) < 4.78 is 0. The van der Waals surface area contributed by atoms with Crippen LogP contribution in [0.1, 0.15) is 130 Å². The molecule has 0 radical (unpaired) electrons. The maximum Gasteiger partial charge on any atom is 0.0573 e. The van der Waals surface area contributed by atoms with Crippen LogP contribution in [-0.4, -0.2) is 23.3 Å². The number of rotatable bonds is 18. The zero-order chi connectivity index (χ0) is 18.9. The second-order valence-electron chi connectivity index (χ2n) is 8.30. The lowest BCUT2D eigenvalue weighted by atomic mass is 9.86. The zero-order valence-corrected chi connectivity index (χ0v) is 18.2. The van der Waals surface area contributed by atoms with Gasteiger partial charge in [-0.25, -0.2) is 5.53 Å². The lowest BCUT2D eigenvalue weighted by Crippen LogP contribution is -2.51. The van der Waals surface area contributed by atoms with E-state index in [-0.39, 0.29) is 0 Å². The Bertz CT molecular complexity index is 328. The van der Waals surface area contributed by atoms with E-state index in [0.29, 0.717) is 5.54 Å². The minimum absolute atomic E-state index is 0.299. The number of unbranched alkanes of at least 4 members (excludes halogenated alkanes) is 13. The topological polar surface area (TPSA) is 27.6 Å². The van der Waals surface area contributed by atoms with Gasteiger partial charge in [-0.15, -0.1) is 0 Å². The van der Waals surface area contributed by atoms with E-state index in [1.54, 1.807) is 0 Å². The van der Waals surface area contributed by atoms with E-state index < -0.39 is 0 Å². The largest absolute Gasteiger partial charge is 0.240 e. The molecule has 1 aliphatic rings. The van der Waals surface area contributed by atoms with Crippen LogP contribution in [0.5, 0.6) is 0 Å². The van der Waals surface area contributed by atoms with Crippen molar-refractivity contribution in [3.05, 3.63) is 0 Å². The third kappa shape index (κ3) is 9.39. The zero-order valence-electron chi connectivity index (χ0n) is 18.2. The van der Waals surface area contributed by atoms with Crippen LogP contribution in [0, 0.1) is 0 Å². The van der Waals surface area contributed by atoms with Crippen LogP contribution in [0.25, 0.3) is 0 Å². The number of hydrazine groups is 1. The highest BCUT2D eigenvalue weighted by atomic mass is 15.7. The fraction of sp³-hybridized carbons (Fsp3) is 0.957. The summed E-state index contributed by atoms with van der Waals surface area (Å²) in [7, 11) is 0. The molecule has 154 valence electrons. The van der Waals surface area contributed by atoms with Gasteiger partial charge >= 0.3 is 0 Å². The maximum atomic E-state index is 4.20. The summed E-state index contributed by atoms with van der Waals surface area (Å²) in [6.07, 6.45) is 25.8. The fourth-order valence-corrected chi connectivity index (χ4v) is 4.34. The predicted octanol–water partition coefficient (Wildman–Crippen LogP) is 7.22. The van der Waals surface area contributed by atoms with Crippen molar-refractivity contribution in [3.8, 4) is 0 Å². The molecule has 26 heavy (non-hydrogen) atoms. The summed E-state index contributed by atoms with van der Waals surface area (Å²) in [5, 5.41) is 6.55. The van der Waals surface area contributed by atoms with Crippen molar-refractivity contribution in [1.82, 2.24) is 10.5 Å². The molecule has 0 aromatic rings. The first-order valence-electron chi connectivity index (χ1n) is 11.8. The van der Waals surface area contributed by atoms with E-state index in [2.05, 4.69) is 36.4 Å². The lowest BCUT2D eigenvalue weighted by Gasteiger charge is -2.40. The van der Waals surface area contributed by atoms with Gasteiger partial charge in [0.05, 0.1) is 6.54 Å². The maximum absolute atomic E-state index is 4.20. The third-order valence-electron chi connectivity index (χ3n) is 6.42. The Morgan fingerprint density at radius 3 is 1.58 bits per heavy atom. The van der Waals surface area contributed by atoms with Crippen LogP contribution in [0.4, 0.5) is 0 Å². The van der Waals surface area contributed by atoms with Crippen LogP contribution in [0.15, 0.2) is 5.10 Å². The summed E-state index contributed by atoms with van der Waals surface area (Å²) in [5.74, 6) is 0. The second-order valence-corrected chi connectivity index (χ2v) is 8.30. The van der Waals surface area contributed by atoms with Gasteiger partial charge in [0.2, 0.25) is 0 Å². The van der Waals surface area contributed by atoms with Crippen molar-refractivity contribution < 1.29 is 0 Å². The monoisotopic (exact) mass is 365 g/mol. The normalized spacial score (nSPS) is 14.9. The molecule has 1 heterocycles. The first-order chi connectivity index (χ1) is 12.8. The molecule has 0 unspecified atom stereocenters. The van der Waals surface area contributed by atoms with Crippen molar-refractivity contribution in [2.24, 2.45) is 5.10 Å². The average molecular weight is 366 g/mol. The van der Waals surface area contributed by atoms with Crippen molar-refractivity contribution in [3.63, 3.8) is 0 Å². The summed E-state index contributed by atoms with van der Waals surface area (Å²) >= 11 is 0. The Balaban J connectivity index is 1.92. The smallest absolute Gasteiger partial charge is 0.0573 e. The van der Waals surface area contributed by atoms with Gasteiger partial charge in [-0.1, -0.05) is 111 Å². The summed E-state index contributed by atoms with van der Waals surface area (Å²) in [5.41, 5.74) is 3.50. The van der Waals surface area contributed by atoms with Crippen molar-refractivity contribution in [2.75, 3.05) is 6.54 Å². The van der Waals surface area contributed by atoms with Gasteiger partial charge < -0.3 is 0 Å². The summed E-state index contributed by atoms with van der Waals surface area (Å²) in [6, 6.07) is 0. The van der Waals surface area contributed by atoms with Gasteiger partial charge in [0.1, 0.15) is 0 Å². The SMILES string of the molecule is CCCCCCCCCCCCCCCCC(CC)(CC)N1CC=NN1. The van der Waals surface area contributed by atoms with Crippen molar-refractivity contribution in [2.45, 2.75) is 135 Å². The number of hydrogen-bond donors (Lipinski definition) is 1. The van der Waals surface area contributed by atoms with E-state index in [9.17, 15) is 0 Å². The molecule has 3 nitrogen and oxygen atoms in total. The molecular formula is C23H47N3. The van der Waals surface area contributed by atoms with Gasteiger partial charge in [0, 0.05) is 11.8 Å². The molecule has 0 aromatic carbocycles. The van der Waals surface area contributed by atoms with Crippen molar-refractivity contribution in [1.29, 1.82) is 0 Å². The molecule has 0 aliphatic carbocycles. The summed E-state index contributed by atoms with van der Waals surface area (Å²) in [4.78, 5) is 0. The molecule has 1 N–H and O–H groups in total. The number of hydrazone groups is 1. The molecular weight excluding hydrogens is 318 g/mol. The second kappa shape index (κ2) is 15.5. The quantitative estimate of drug-likeness (QED) is 0.260. The highest BCUT2D eigenvalue weighted by Gasteiger charge is 2.33. The average Bonchev–Trinajstić information content (AvgIpc) is 3.21. The van der Waals surface area contributed by atoms with Gasteiger partial charge in [0.15, 0.2) is 0 Å². The molecule has 0 spiro atoms. The minimum Gasteiger partial charge on any atom is -0.240 e. The number of hydrogen-bond acceptors (Lipinski definition) is 3. The van der Waals surface area contributed by atoms with Crippen LogP contribution < -0.4 is 5.53 Å². The Morgan fingerprint density at radius 2 is 1.19 bits per heavy atom. The lowest BCUT2D eigenvalue weighted by molar-refractivity contribution is 0.0444. The molecule has 0 bridgehead atoms. The standard InChI is InChI=1S/C23H47N3/c1-4-7-8-9-10-11-12-13-14-15-16-17-18-19-20-23(5-2,6-3)26-22-21-24-25-26/h21,25H,4-20,22H2,1-3H3. The minimum atomic E-state index is 0.299. The Labute approximate surface area is 164 Å². The van der Waals surface area contributed by atoms with E-state index in [4.69, 9.17) is 0 Å². The van der Waals surface area contributed by atoms with Gasteiger partial charge in [-0.05, 0) is 19.3 Å². The molecule has 0 saturated carbocycles. The van der Waals surface area contributed by atoms with Gasteiger partial charge in [-0.3, -0.25) is 0 Å². The molecule has 0 aromatic heterocycles. The van der Waals surface area contributed by atoms with E-state index in [1.807, 2.05) is 6.21 Å². The van der Waals surface area contributed by atoms with E-state index in [0.717, 1.165) is 6.54 Å². The van der Waals surface area contributed by atoms with Crippen LogP contribution in [0.2, 0.25) is 0 Å². The molecule has 0 saturated heterocycles. The van der Waals surface area contributed by atoms with Gasteiger partial charge in [0.25, 0.3) is 0 Å². The predicted molar refractivity (Wildman–Crippen MR) is 117 cm³/mol. The first-order valence-corrected chi connectivity index (χ1v) is 11.8. The Morgan fingerprint density at radius 1 is 0.731 bits per heavy atom. The van der Waals surface area contributed by atoms with E-state index in [1.165, 1.54) is 109 Å². The Hall–Kier alpha value is -0.570. The highest BCUT2D eigenvalue weighted by molar-refractivity contribution is 5.60. The molecule has 1 rings (SSSR count). The van der Waals surface area contributed by atoms with Gasteiger partial charge in [-0.2, -0.15) is 10.1 Å². The van der Waals surface area contributed by atoms with Crippen LogP contribution in [0.3, 0.4) is 0 Å². The van der Waals surface area contributed by atoms with Crippen LogP contribution in [-0.2, 0) is 0 Å². The summed E-state index contributed by atoms with van der Waals surface area (Å²) in [6.45, 7) is 7.91. The number of nitrogens with one attached hydrogen (secondary N) is 1. The Kier molecular flexibility index (Phi) is 14.0. The third-order valence-corrected chi connectivity index (χ3v) is 6.42. The first kappa shape index (κ1) is 23.5. The molecule has 0 fully saturated rings. The highest BCUT2D eigenvalue weighted by Crippen LogP contribution is 2.29. The van der Waals surface area contributed by atoms with E-state index >= 15 is 0 Å². The molecule has 0 amide bonds. The number of nitrogens with zero attached hydrogens (tertiary/aromatic N) is 2.